The summed E-state index contributed by atoms with van der Waals surface area (Å²) in [5.74, 6) is 0. The molecule has 2 aromatic carbocycles. The molecule has 0 aliphatic heterocycles. The molecule has 0 spiro atoms. The maximum absolute atomic E-state index is 8.67. The molecule has 2 nitrogen and oxygen atoms in total. The quantitative estimate of drug-likeness (QED) is 0.766. The fraction of sp³-hybridized carbons (Fsp3) is 0.118. The molecule has 0 heterocycles. The van der Waals surface area contributed by atoms with Gasteiger partial charge >= 0.3 is 0 Å². The highest BCUT2D eigenvalue weighted by Gasteiger charge is 2.04. The third-order valence-electron chi connectivity index (χ3n) is 2.85. The molecule has 0 amide bonds. The van der Waals surface area contributed by atoms with Crippen LogP contribution in [0.5, 0.6) is 0 Å². The minimum atomic E-state index is 0.585. The van der Waals surface area contributed by atoms with E-state index in [-0.39, 0.29) is 0 Å². The van der Waals surface area contributed by atoms with Crippen LogP contribution in [-0.4, -0.2) is 7.11 Å². The van der Waals surface area contributed by atoms with Gasteiger partial charge in [0.05, 0.1) is 12.7 Å². The minimum absolute atomic E-state index is 0.585. The van der Waals surface area contributed by atoms with Crippen molar-refractivity contribution in [2.45, 2.75) is 6.61 Å². The summed E-state index contributed by atoms with van der Waals surface area (Å²) >= 11 is 0. The molecule has 0 aliphatic carbocycles. The van der Waals surface area contributed by atoms with Gasteiger partial charge in [0, 0.05) is 13.2 Å². The van der Waals surface area contributed by atoms with Crippen molar-refractivity contribution in [1.29, 1.82) is 5.26 Å². The first-order valence-electron chi connectivity index (χ1n) is 6.08. The van der Waals surface area contributed by atoms with Gasteiger partial charge in [0.1, 0.15) is 0 Å². The molecule has 0 aliphatic rings. The smallest absolute Gasteiger partial charge is 0.0912 e. The van der Waals surface area contributed by atoms with Gasteiger partial charge in [-0.3, -0.25) is 0 Å². The Balaban J connectivity index is 2.50. The monoisotopic (exact) mass is 249 g/mol. The van der Waals surface area contributed by atoms with Crippen LogP contribution < -0.4 is 0 Å². The summed E-state index contributed by atoms with van der Waals surface area (Å²) < 4.78 is 5.17. The molecular weight excluding hydrogens is 234 g/mol. The molecule has 2 heteroatoms. The summed E-state index contributed by atoms with van der Waals surface area (Å²) in [5.41, 5.74) is 4.41. The molecule has 0 saturated carbocycles. The van der Waals surface area contributed by atoms with Crippen molar-refractivity contribution >= 4 is 6.08 Å². The van der Waals surface area contributed by atoms with Crippen LogP contribution in [0, 0.1) is 11.3 Å². The molecule has 0 bridgehead atoms. The van der Waals surface area contributed by atoms with Crippen molar-refractivity contribution in [1.82, 2.24) is 0 Å². The van der Waals surface area contributed by atoms with Crippen LogP contribution in [-0.2, 0) is 11.3 Å². The van der Waals surface area contributed by atoms with Crippen molar-refractivity contribution in [3.8, 4) is 17.2 Å². The molecular formula is C17H15NO. The summed E-state index contributed by atoms with van der Waals surface area (Å²) in [5, 5.41) is 8.67. The van der Waals surface area contributed by atoms with Crippen LogP contribution in [0.3, 0.4) is 0 Å². The summed E-state index contributed by atoms with van der Waals surface area (Å²) in [4.78, 5) is 0. The number of rotatable bonds is 4. The molecule has 94 valence electrons. The topological polar surface area (TPSA) is 33.0 Å². The van der Waals surface area contributed by atoms with E-state index in [1.807, 2.05) is 42.5 Å². The maximum atomic E-state index is 8.67. The molecule has 0 unspecified atom stereocenters. The van der Waals surface area contributed by atoms with Gasteiger partial charge in [0.2, 0.25) is 0 Å². The number of nitrogens with zero attached hydrogens (tertiary/aromatic N) is 1. The largest absolute Gasteiger partial charge is 0.380 e. The lowest BCUT2D eigenvalue weighted by molar-refractivity contribution is 0.185. The first-order valence-corrected chi connectivity index (χ1v) is 6.08. The predicted octanol–water partition coefficient (Wildman–Crippen LogP) is 4.04. The average molecular weight is 249 g/mol. The highest BCUT2D eigenvalue weighted by atomic mass is 16.5. The number of nitriles is 1. The van der Waals surface area contributed by atoms with Crippen molar-refractivity contribution in [2.75, 3.05) is 7.11 Å². The lowest BCUT2D eigenvalue weighted by Gasteiger charge is -2.09. The summed E-state index contributed by atoms with van der Waals surface area (Å²) in [6, 6.07) is 18.3. The summed E-state index contributed by atoms with van der Waals surface area (Å²) in [6.07, 6.45) is 3.33. The number of allylic oxidation sites excluding steroid dienone is 1. The zero-order valence-corrected chi connectivity index (χ0v) is 10.8. The van der Waals surface area contributed by atoms with Gasteiger partial charge in [-0.1, -0.05) is 42.5 Å². The van der Waals surface area contributed by atoms with Crippen LogP contribution in [0.25, 0.3) is 17.2 Å². The molecule has 2 rings (SSSR count). The number of ether oxygens (including phenoxy) is 1. The van der Waals surface area contributed by atoms with E-state index in [4.69, 9.17) is 10.00 Å². The van der Waals surface area contributed by atoms with E-state index in [1.54, 1.807) is 7.11 Å². The van der Waals surface area contributed by atoms with Gasteiger partial charge in [-0.25, -0.2) is 0 Å². The Morgan fingerprint density at radius 3 is 2.63 bits per heavy atom. The Labute approximate surface area is 113 Å². The van der Waals surface area contributed by atoms with E-state index in [9.17, 15) is 0 Å². The molecule has 0 aromatic heterocycles. The van der Waals surface area contributed by atoms with E-state index < -0.39 is 0 Å². The number of benzene rings is 2. The van der Waals surface area contributed by atoms with Crippen molar-refractivity contribution in [3.05, 3.63) is 65.7 Å². The van der Waals surface area contributed by atoms with Gasteiger partial charge < -0.3 is 4.74 Å². The Morgan fingerprint density at radius 2 is 1.95 bits per heavy atom. The SMILES string of the molecule is COCc1ccc(C=CC#N)c(-c2ccccc2)c1. The van der Waals surface area contributed by atoms with E-state index in [0.717, 1.165) is 22.3 Å². The zero-order chi connectivity index (χ0) is 13.5. The highest BCUT2D eigenvalue weighted by Crippen LogP contribution is 2.26. The fourth-order valence-electron chi connectivity index (χ4n) is 2.00. The molecule has 0 atom stereocenters. The van der Waals surface area contributed by atoms with Gasteiger partial charge in [-0.05, 0) is 34.4 Å². The fourth-order valence-corrected chi connectivity index (χ4v) is 2.00. The second-order valence-electron chi connectivity index (χ2n) is 4.18. The van der Waals surface area contributed by atoms with Crippen LogP contribution >= 0.6 is 0 Å². The number of hydrogen-bond acceptors (Lipinski definition) is 2. The maximum Gasteiger partial charge on any atom is 0.0912 e. The second kappa shape index (κ2) is 6.53. The zero-order valence-electron chi connectivity index (χ0n) is 10.8. The third-order valence-corrected chi connectivity index (χ3v) is 2.85. The Bertz CT molecular complexity index is 609. The Kier molecular flexibility index (Phi) is 4.49. The molecule has 19 heavy (non-hydrogen) atoms. The predicted molar refractivity (Wildman–Crippen MR) is 77.2 cm³/mol. The van der Waals surface area contributed by atoms with Crippen molar-refractivity contribution in [2.24, 2.45) is 0 Å². The van der Waals surface area contributed by atoms with E-state index in [0.29, 0.717) is 6.61 Å². The van der Waals surface area contributed by atoms with E-state index >= 15 is 0 Å². The molecule has 0 N–H and O–H groups in total. The summed E-state index contributed by atoms with van der Waals surface area (Å²) in [6.45, 7) is 0.585. The summed E-state index contributed by atoms with van der Waals surface area (Å²) in [7, 11) is 1.69. The molecule has 0 radical (unpaired) electrons. The van der Waals surface area contributed by atoms with Gasteiger partial charge in [0.15, 0.2) is 0 Å². The Hall–Kier alpha value is -2.37. The van der Waals surface area contributed by atoms with Crippen LogP contribution in [0.1, 0.15) is 11.1 Å². The normalized spacial score (nSPS) is 10.5. The molecule has 0 saturated heterocycles. The molecule has 0 fully saturated rings. The van der Waals surface area contributed by atoms with Crippen LogP contribution in [0.2, 0.25) is 0 Å². The number of hydrogen-bond donors (Lipinski definition) is 0. The van der Waals surface area contributed by atoms with E-state index in [2.05, 4.69) is 18.2 Å². The Morgan fingerprint density at radius 1 is 1.16 bits per heavy atom. The first kappa shape index (κ1) is 13.1. The van der Waals surface area contributed by atoms with E-state index in [1.165, 1.54) is 6.08 Å². The van der Waals surface area contributed by atoms with Crippen molar-refractivity contribution < 1.29 is 4.74 Å². The van der Waals surface area contributed by atoms with Gasteiger partial charge in [-0.15, -0.1) is 0 Å². The van der Waals surface area contributed by atoms with Crippen molar-refractivity contribution in [3.63, 3.8) is 0 Å². The minimum Gasteiger partial charge on any atom is -0.380 e. The van der Waals surface area contributed by atoms with Crippen LogP contribution in [0.4, 0.5) is 0 Å². The van der Waals surface area contributed by atoms with Gasteiger partial charge in [-0.2, -0.15) is 5.26 Å². The van der Waals surface area contributed by atoms with Crippen LogP contribution in [0.15, 0.2) is 54.6 Å². The average Bonchev–Trinajstić information content (AvgIpc) is 2.47. The standard InChI is InChI=1S/C17H15NO/c1-19-13-14-9-10-16(8-5-11-18)17(12-14)15-6-3-2-4-7-15/h2-10,12H,13H2,1H3. The third kappa shape index (κ3) is 3.31. The number of methoxy groups -OCH3 is 1. The lowest BCUT2D eigenvalue weighted by atomic mass is 9.97. The molecule has 2 aromatic rings. The lowest BCUT2D eigenvalue weighted by Crippen LogP contribution is -1.91. The second-order valence-corrected chi connectivity index (χ2v) is 4.18. The van der Waals surface area contributed by atoms with Gasteiger partial charge in [0.25, 0.3) is 0 Å². The highest BCUT2D eigenvalue weighted by molar-refractivity contribution is 5.76. The first-order chi connectivity index (χ1) is 9.35.